The van der Waals surface area contributed by atoms with Crippen molar-refractivity contribution in [1.82, 2.24) is 15.6 Å². The van der Waals surface area contributed by atoms with E-state index in [4.69, 9.17) is 0 Å². The highest BCUT2D eigenvalue weighted by Gasteiger charge is 2.03. The molecule has 2 aromatic rings. The quantitative estimate of drug-likeness (QED) is 0.443. The van der Waals surface area contributed by atoms with Gasteiger partial charge < -0.3 is 10.6 Å². The second kappa shape index (κ2) is 9.09. The van der Waals surface area contributed by atoms with E-state index in [1.54, 1.807) is 18.4 Å². The van der Waals surface area contributed by atoms with Crippen molar-refractivity contribution in [2.75, 3.05) is 7.05 Å². The largest absolute Gasteiger partial charge is 0.352 e. The first-order valence-corrected chi connectivity index (χ1v) is 7.82. The molecule has 0 spiro atoms. The fourth-order valence-corrected chi connectivity index (χ4v) is 2.81. The fraction of sp³-hybridized carbons (Fsp3) is 0.375. The molecule has 0 aliphatic carbocycles. The van der Waals surface area contributed by atoms with Gasteiger partial charge in [0.15, 0.2) is 5.96 Å². The number of nitrogens with one attached hydrogen (secondary N) is 2. The third-order valence-corrected chi connectivity index (χ3v) is 4.16. The van der Waals surface area contributed by atoms with Gasteiger partial charge in [0.2, 0.25) is 0 Å². The highest BCUT2D eigenvalue weighted by atomic mass is 127. The normalized spacial score (nSPS) is 11.0. The molecule has 22 heavy (non-hydrogen) atoms. The maximum atomic E-state index is 4.34. The standard InChI is InChI=1S/C16H22N4S.HI/c1-11-5-6-14(12(2)7-11)9-19-16(17-4)20-10-15-18-8-13(3)21-15;/h5-8H,9-10H2,1-4H3,(H2,17,19,20);1H. The van der Waals surface area contributed by atoms with Crippen molar-refractivity contribution in [3.05, 3.63) is 51.0 Å². The molecule has 0 aliphatic rings. The summed E-state index contributed by atoms with van der Waals surface area (Å²) in [7, 11) is 1.78. The number of hydrogen-bond donors (Lipinski definition) is 2. The van der Waals surface area contributed by atoms with Gasteiger partial charge in [-0.1, -0.05) is 23.8 Å². The predicted octanol–water partition coefficient (Wildman–Crippen LogP) is 3.55. The summed E-state index contributed by atoms with van der Waals surface area (Å²) >= 11 is 1.70. The number of aromatic nitrogens is 1. The van der Waals surface area contributed by atoms with Crippen LogP contribution >= 0.6 is 35.3 Å². The van der Waals surface area contributed by atoms with Crippen LogP contribution in [0.15, 0.2) is 29.4 Å². The van der Waals surface area contributed by atoms with Crippen molar-refractivity contribution >= 4 is 41.3 Å². The Bertz CT molecular complexity index is 637. The first-order chi connectivity index (χ1) is 10.1. The second-order valence-electron chi connectivity index (χ2n) is 5.07. The molecular weight excluding hydrogens is 407 g/mol. The lowest BCUT2D eigenvalue weighted by molar-refractivity contribution is 0.802. The Morgan fingerprint density at radius 2 is 1.91 bits per heavy atom. The smallest absolute Gasteiger partial charge is 0.191 e. The van der Waals surface area contributed by atoms with Crippen LogP contribution in [0.3, 0.4) is 0 Å². The number of aryl methyl sites for hydroxylation is 3. The lowest BCUT2D eigenvalue weighted by Crippen LogP contribution is -2.36. The summed E-state index contributed by atoms with van der Waals surface area (Å²) in [4.78, 5) is 9.81. The van der Waals surface area contributed by atoms with Gasteiger partial charge in [-0.3, -0.25) is 4.99 Å². The average Bonchev–Trinajstić information content (AvgIpc) is 2.86. The molecule has 4 nitrogen and oxygen atoms in total. The minimum absolute atomic E-state index is 0. The third kappa shape index (κ3) is 5.57. The highest BCUT2D eigenvalue weighted by molar-refractivity contribution is 14.0. The monoisotopic (exact) mass is 430 g/mol. The molecule has 1 heterocycles. The molecule has 0 unspecified atom stereocenters. The van der Waals surface area contributed by atoms with E-state index in [9.17, 15) is 0 Å². The maximum absolute atomic E-state index is 4.34. The summed E-state index contributed by atoms with van der Waals surface area (Å²) in [5.74, 6) is 0.794. The molecule has 0 fully saturated rings. The van der Waals surface area contributed by atoms with Crippen LogP contribution in [0.5, 0.6) is 0 Å². The zero-order valence-electron chi connectivity index (χ0n) is 13.4. The Labute approximate surface area is 153 Å². The summed E-state index contributed by atoms with van der Waals surface area (Å²) in [6.07, 6.45) is 1.90. The number of hydrogen-bond acceptors (Lipinski definition) is 3. The summed E-state index contributed by atoms with van der Waals surface area (Å²) in [5, 5.41) is 7.70. The van der Waals surface area contributed by atoms with Crippen molar-refractivity contribution in [2.45, 2.75) is 33.9 Å². The SMILES string of the molecule is CN=C(NCc1ncc(C)s1)NCc1ccc(C)cc1C.I. The number of rotatable bonds is 4. The van der Waals surface area contributed by atoms with Crippen molar-refractivity contribution < 1.29 is 0 Å². The van der Waals surface area contributed by atoms with Crippen molar-refractivity contribution in [2.24, 2.45) is 4.99 Å². The Morgan fingerprint density at radius 3 is 2.50 bits per heavy atom. The topological polar surface area (TPSA) is 49.3 Å². The zero-order valence-corrected chi connectivity index (χ0v) is 16.6. The Morgan fingerprint density at radius 1 is 1.18 bits per heavy atom. The van der Waals surface area contributed by atoms with Gasteiger partial charge in [-0.15, -0.1) is 35.3 Å². The number of halogens is 1. The van der Waals surface area contributed by atoms with E-state index in [1.165, 1.54) is 21.6 Å². The molecule has 2 N–H and O–H groups in total. The Kier molecular flexibility index (Phi) is 7.81. The van der Waals surface area contributed by atoms with Crippen LogP contribution in [0.25, 0.3) is 0 Å². The van der Waals surface area contributed by atoms with Gasteiger partial charge >= 0.3 is 0 Å². The van der Waals surface area contributed by atoms with Crippen LogP contribution in [0.2, 0.25) is 0 Å². The van der Waals surface area contributed by atoms with Crippen LogP contribution in [0, 0.1) is 20.8 Å². The number of guanidine groups is 1. The number of benzene rings is 1. The molecule has 120 valence electrons. The molecule has 0 saturated carbocycles. The molecule has 0 aliphatic heterocycles. The Balaban J connectivity index is 0.00000242. The van der Waals surface area contributed by atoms with E-state index in [-0.39, 0.29) is 24.0 Å². The molecule has 0 bridgehead atoms. The average molecular weight is 430 g/mol. The summed E-state index contributed by atoms with van der Waals surface area (Å²) in [5.41, 5.74) is 3.88. The first-order valence-electron chi connectivity index (χ1n) is 7.00. The number of thiazole rings is 1. The highest BCUT2D eigenvalue weighted by Crippen LogP contribution is 2.11. The summed E-state index contributed by atoms with van der Waals surface area (Å²) in [6.45, 7) is 7.78. The van der Waals surface area contributed by atoms with Gasteiger partial charge in [-0.25, -0.2) is 4.98 Å². The lowest BCUT2D eigenvalue weighted by atomic mass is 10.1. The van der Waals surface area contributed by atoms with Gasteiger partial charge in [0.1, 0.15) is 5.01 Å². The van der Waals surface area contributed by atoms with Crippen molar-refractivity contribution in [3.63, 3.8) is 0 Å². The number of nitrogens with zero attached hydrogens (tertiary/aromatic N) is 2. The summed E-state index contributed by atoms with van der Waals surface area (Å²) < 4.78 is 0. The van der Waals surface area contributed by atoms with Gasteiger partial charge in [0.05, 0.1) is 6.54 Å². The first kappa shape index (κ1) is 18.9. The lowest BCUT2D eigenvalue weighted by Gasteiger charge is -2.12. The van der Waals surface area contributed by atoms with Crippen LogP contribution in [0.4, 0.5) is 0 Å². The van der Waals surface area contributed by atoms with E-state index in [0.717, 1.165) is 17.5 Å². The van der Waals surface area contributed by atoms with Crippen LogP contribution in [-0.2, 0) is 13.1 Å². The fourth-order valence-electron chi connectivity index (χ4n) is 2.09. The Hall–Kier alpha value is -1.15. The molecule has 0 saturated heterocycles. The van der Waals surface area contributed by atoms with E-state index in [1.807, 2.05) is 6.20 Å². The maximum Gasteiger partial charge on any atom is 0.191 e. The van der Waals surface area contributed by atoms with Gasteiger partial charge in [-0.2, -0.15) is 0 Å². The molecule has 0 amide bonds. The molecule has 0 atom stereocenters. The third-order valence-electron chi connectivity index (χ3n) is 3.24. The van der Waals surface area contributed by atoms with Gasteiger partial charge in [0, 0.05) is 24.7 Å². The second-order valence-corrected chi connectivity index (χ2v) is 6.39. The minimum Gasteiger partial charge on any atom is -0.352 e. The van der Waals surface area contributed by atoms with Crippen LogP contribution in [-0.4, -0.2) is 18.0 Å². The molecule has 6 heteroatoms. The molecule has 1 aromatic carbocycles. The predicted molar refractivity (Wildman–Crippen MR) is 105 cm³/mol. The van der Waals surface area contributed by atoms with E-state index < -0.39 is 0 Å². The van der Waals surface area contributed by atoms with Gasteiger partial charge in [0.25, 0.3) is 0 Å². The van der Waals surface area contributed by atoms with E-state index >= 15 is 0 Å². The zero-order chi connectivity index (χ0) is 15.2. The van der Waals surface area contributed by atoms with Crippen LogP contribution in [0.1, 0.15) is 26.6 Å². The van der Waals surface area contributed by atoms with Crippen molar-refractivity contribution in [3.8, 4) is 0 Å². The minimum atomic E-state index is 0. The molecular formula is C16H23IN4S. The molecule has 1 aromatic heterocycles. The van der Waals surface area contributed by atoms with Gasteiger partial charge in [-0.05, 0) is 31.9 Å². The molecule has 0 radical (unpaired) electrons. The van der Waals surface area contributed by atoms with E-state index in [2.05, 4.69) is 59.6 Å². The van der Waals surface area contributed by atoms with Crippen LogP contribution < -0.4 is 10.6 Å². The van der Waals surface area contributed by atoms with E-state index in [0.29, 0.717) is 6.54 Å². The molecule has 2 rings (SSSR count). The number of aliphatic imine (C=N–C) groups is 1. The van der Waals surface area contributed by atoms with Crippen molar-refractivity contribution in [1.29, 1.82) is 0 Å². The summed E-state index contributed by atoms with van der Waals surface area (Å²) in [6, 6.07) is 6.50.